The smallest absolute Gasteiger partial charge is 0.352 e. The zero-order valence-corrected chi connectivity index (χ0v) is 6.61. The molecule has 0 aliphatic heterocycles. The molecule has 66 valence electrons. The van der Waals surface area contributed by atoms with E-state index in [-0.39, 0.29) is 5.69 Å². The molecule has 0 aromatic carbocycles. The van der Waals surface area contributed by atoms with Crippen molar-refractivity contribution >= 4 is 5.97 Å². The van der Waals surface area contributed by atoms with Gasteiger partial charge >= 0.3 is 5.97 Å². The largest absolute Gasteiger partial charge is 0.477 e. The summed E-state index contributed by atoms with van der Waals surface area (Å²) in [6.45, 7) is 0. The Morgan fingerprint density at radius 1 is 1.46 bits per heavy atom. The van der Waals surface area contributed by atoms with Crippen LogP contribution in [0.15, 0.2) is 24.5 Å². The Morgan fingerprint density at radius 2 is 2.31 bits per heavy atom. The lowest BCUT2D eigenvalue weighted by Gasteiger charge is -1.89. The van der Waals surface area contributed by atoms with E-state index in [0.29, 0.717) is 11.5 Å². The van der Waals surface area contributed by atoms with E-state index in [2.05, 4.69) is 15.0 Å². The second-order valence-corrected chi connectivity index (χ2v) is 2.53. The fourth-order valence-electron chi connectivity index (χ4n) is 1.07. The monoisotopic (exact) mass is 177 g/mol. The molecule has 2 heterocycles. The number of hydrogen-bond acceptors (Lipinski definition) is 2. The lowest BCUT2D eigenvalue weighted by atomic mass is 10.4. The molecular formula is C8H7N3O2. The highest BCUT2D eigenvalue weighted by Gasteiger charge is 2.07. The molecule has 2 aromatic rings. The Labute approximate surface area is 73.4 Å². The van der Waals surface area contributed by atoms with E-state index in [9.17, 15) is 4.79 Å². The summed E-state index contributed by atoms with van der Waals surface area (Å²) in [5.41, 5.74) is 0.828. The third kappa shape index (κ3) is 1.31. The van der Waals surface area contributed by atoms with Gasteiger partial charge in [-0.05, 0) is 12.1 Å². The second-order valence-electron chi connectivity index (χ2n) is 2.53. The van der Waals surface area contributed by atoms with Crippen LogP contribution in [0.25, 0.3) is 11.5 Å². The van der Waals surface area contributed by atoms with Crippen molar-refractivity contribution in [2.24, 2.45) is 0 Å². The zero-order chi connectivity index (χ0) is 9.26. The van der Waals surface area contributed by atoms with Gasteiger partial charge in [-0.25, -0.2) is 9.78 Å². The number of carboxylic acids is 1. The molecule has 0 amide bonds. The molecule has 0 atom stereocenters. The molecular weight excluding hydrogens is 170 g/mol. The van der Waals surface area contributed by atoms with Gasteiger partial charge in [0.05, 0.1) is 5.69 Å². The van der Waals surface area contributed by atoms with Crippen molar-refractivity contribution in [1.82, 2.24) is 15.0 Å². The van der Waals surface area contributed by atoms with Crippen molar-refractivity contribution in [3.8, 4) is 11.5 Å². The molecule has 5 heteroatoms. The summed E-state index contributed by atoms with van der Waals surface area (Å²) in [5, 5.41) is 8.63. The van der Waals surface area contributed by atoms with Gasteiger partial charge in [0.1, 0.15) is 5.69 Å². The minimum Gasteiger partial charge on any atom is -0.477 e. The number of hydrogen-bond donors (Lipinski definition) is 3. The van der Waals surface area contributed by atoms with Crippen molar-refractivity contribution in [3.05, 3.63) is 30.2 Å². The highest BCUT2D eigenvalue weighted by Crippen LogP contribution is 2.12. The highest BCUT2D eigenvalue weighted by molar-refractivity contribution is 5.86. The minimum absolute atomic E-state index is 0.159. The molecule has 0 spiro atoms. The lowest BCUT2D eigenvalue weighted by molar-refractivity contribution is 0.0691. The molecule has 0 bridgehead atoms. The molecule has 3 N–H and O–H groups in total. The first-order valence-corrected chi connectivity index (χ1v) is 3.69. The number of carboxylic acid groups (broad SMARTS) is 1. The first-order chi connectivity index (χ1) is 6.27. The molecule has 2 rings (SSSR count). The molecule has 0 fully saturated rings. The van der Waals surface area contributed by atoms with Crippen molar-refractivity contribution < 1.29 is 9.90 Å². The molecule has 2 aromatic heterocycles. The molecule has 5 nitrogen and oxygen atoms in total. The van der Waals surface area contributed by atoms with Crippen LogP contribution in [0.3, 0.4) is 0 Å². The standard InChI is InChI=1S/C8H7N3O2/c12-8(13)6-2-1-5(11-6)7-9-3-4-10-7/h1-4,11H,(H,9,10)(H,12,13). The number of aromatic amines is 2. The number of rotatable bonds is 2. The number of aromatic carboxylic acids is 1. The number of H-pyrrole nitrogens is 2. The van der Waals surface area contributed by atoms with E-state index in [1.165, 1.54) is 6.07 Å². The van der Waals surface area contributed by atoms with Gasteiger partial charge in [-0.15, -0.1) is 0 Å². The fourth-order valence-corrected chi connectivity index (χ4v) is 1.07. The van der Waals surface area contributed by atoms with Gasteiger partial charge in [0.25, 0.3) is 0 Å². The van der Waals surface area contributed by atoms with Crippen LogP contribution in [0.2, 0.25) is 0 Å². The summed E-state index contributed by atoms with van der Waals surface area (Å²) >= 11 is 0. The third-order valence-corrected chi connectivity index (χ3v) is 1.67. The van der Waals surface area contributed by atoms with Crippen LogP contribution >= 0.6 is 0 Å². The van der Waals surface area contributed by atoms with Crippen molar-refractivity contribution in [3.63, 3.8) is 0 Å². The van der Waals surface area contributed by atoms with Crippen LogP contribution in [-0.2, 0) is 0 Å². The molecule has 0 radical (unpaired) electrons. The first kappa shape index (κ1) is 7.60. The Balaban J connectivity index is 2.39. The van der Waals surface area contributed by atoms with Crippen LogP contribution in [0.1, 0.15) is 10.5 Å². The van der Waals surface area contributed by atoms with E-state index in [1.807, 2.05) is 0 Å². The number of nitrogens with zero attached hydrogens (tertiary/aromatic N) is 1. The average molecular weight is 177 g/mol. The fraction of sp³-hybridized carbons (Fsp3) is 0. The van der Waals surface area contributed by atoms with Gasteiger partial charge in [0.15, 0.2) is 5.82 Å². The third-order valence-electron chi connectivity index (χ3n) is 1.67. The quantitative estimate of drug-likeness (QED) is 0.642. The van der Waals surface area contributed by atoms with Crippen molar-refractivity contribution in [2.75, 3.05) is 0 Å². The second kappa shape index (κ2) is 2.78. The Bertz CT molecular complexity index is 416. The normalized spacial score (nSPS) is 10.2. The SMILES string of the molecule is O=C(O)c1ccc(-c2ncc[nH]2)[nH]1. The summed E-state index contributed by atoms with van der Waals surface area (Å²) in [4.78, 5) is 20.1. The maximum absolute atomic E-state index is 10.5. The minimum atomic E-state index is -0.974. The summed E-state index contributed by atoms with van der Waals surface area (Å²) in [7, 11) is 0. The number of nitrogens with one attached hydrogen (secondary N) is 2. The number of aromatic nitrogens is 3. The van der Waals surface area contributed by atoms with E-state index in [0.717, 1.165) is 0 Å². The van der Waals surface area contributed by atoms with Gasteiger partial charge in [-0.2, -0.15) is 0 Å². The topological polar surface area (TPSA) is 81.8 Å². The Kier molecular flexibility index (Phi) is 1.63. The number of imidazole rings is 1. The maximum atomic E-state index is 10.5. The van der Waals surface area contributed by atoms with Crippen LogP contribution in [-0.4, -0.2) is 26.0 Å². The molecule has 0 unspecified atom stereocenters. The van der Waals surface area contributed by atoms with Crippen molar-refractivity contribution in [1.29, 1.82) is 0 Å². The van der Waals surface area contributed by atoms with Crippen LogP contribution < -0.4 is 0 Å². The van der Waals surface area contributed by atoms with Gasteiger partial charge in [0, 0.05) is 12.4 Å². The zero-order valence-electron chi connectivity index (χ0n) is 6.61. The highest BCUT2D eigenvalue weighted by atomic mass is 16.4. The van der Waals surface area contributed by atoms with Gasteiger partial charge in [-0.3, -0.25) is 0 Å². The van der Waals surface area contributed by atoms with Gasteiger partial charge in [0.2, 0.25) is 0 Å². The molecule has 0 aliphatic rings. The summed E-state index contributed by atoms with van der Waals surface area (Å²) < 4.78 is 0. The first-order valence-electron chi connectivity index (χ1n) is 3.69. The van der Waals surface area contributed by atoms with Crippen LogP contribution in [0.5, 0.6) is 0 Å². The van der Waals surface area contributed by atoms with E-state index < -0.39 is 5.97 Å². The number of carbonyl (C=O) groups is 1. The summed E-state index contributed by atoms with van der Waals surface area (Å²) in [5.74, 6) is -0.342. The van der Waals surface area contributed by atoms with E-state index in [1.54, 1.807) is 18.5 Å². The van der Waals surface area contributed by atoms with E-state index >= 15 is 0 Å². The lowest BCUT2D eigenvalue weighted by Crippen LogP contribution is -1.95. The predicted molar refractivity (Wildman–Crippen MR) is 45.3 cm³/mol. The predicted octanol–water partition coefficient (Wildman–Crippen LogP) is 1.10. The Hall–Kier alpha value is -2.04. The molecule has 0 saturated carbocycles. The summed E-state index contributed by atoms with van der Waals surface area (Å²) in [6, 6.07) is 3.17. The molecule has 13 heavy (non-hydrogen) atoms. The summed E-state index contributed by atoms with van der Waals surface area (Å²) in [6.07, 6.45) is 3.28. The molecule has 0 saturated heterocycles. The molecule has 0 aliphatic carbocycles. The van der Waals surface area contributed by atoms with Crippen LogP contribution in [0.4, 0.5) is 0 Å². The van der Waals surface area contributed by atoms with Gasteiger partial charge < -0.3 is 15.1 Å². The van der Waals surface area contributed by atoms with Crippen molar-refractivity contribution in [2.45, 2.75) is 0 Å². The van der Waals surface area contributed by atoms with Crippen LogP contribution in [0, 0.1) is 0 Å². The Morgan fingerprint density at radius 3 is 2.85 bits per heavy atom. The maximum Gasteiger partial charge on any atom is 0.352 e. The van der Waals surface area contributed by atoms with Gasteiger partial charge in [-0.1, -0.05) is 0 Å². The van der Waals surface area contributed by atoms with E-state index in [4.69, 9.17) is 5.11 Å². The average Bonchev–Trinajstić information content (AvgIpc) is 2.75.